The monoisotopic (exact) mass is 837 g/mol. The smallest absolute Gasteiger partial charge is 0.0468 e. The van der Waals surface area contributed by atoms with Gasteiger partial charge >= 0.3 is 0 Å². The van der Waals surface area contributed by atoms with Crippen molar-refractivity contribution in [3.05, 3.63) is 241 Å². The van der Waals surface area contributed by atoms with E-state index in [0.29, 0.717) is 0 Å². The predicted octanol–water partition coefficient (Wildman–Crippen LogP) is 18.2. The number of allylic oxidation sites excluding steroid dienone is 1. The topological polar surface area (TPSA) is 9.72 Å². The first-order valence-electron chi connectivity index (χ1n) is 23.0. The van der Waals surface area contributed by atoms with Crippen LogP contribution in [-0.2, 0) is 0 Å². The van der Waals surface area contributed by atoms with Crippen LogP contribution in [0, 0.1) is 6.92 Å². The van der Waals surface area contributed by atoms with Gasteiger partial charge in [0.05, 0.1) is 0 Å². The number of rotatable bonds is 10. The number of nitrogens with zero attached hydrogens (tertiary/aromatic N) is 3. The fourth-order valence-corrected chi connectivity index (χ4v) is 9.84. The van der Waals surface area contributed by atoms with Gasteiger partial charge in [0.15, 0.2) is 0 Å². The Morgan fingerprint density at radius 2 is 0.600 bits per heavy atom. The zero-order chi connectivity index (χ0) is 43.5. The number of aryl methyl sites for hydroxylation is 1. The summed E-state index contributed by atoms with van der Waals surface area (Å²) in [6.45, 7) is 2.16. The van der Waals surface area contributed by atoms with E-state index in [9.17, 15) is 0 Å². The van der Waals surface area contributed by atoms with Gasteiger partial charge in [-0.25, -0.2) is 0 Å². The molecule has 0 bridgehead atoms. The van der Waals surface area contributed by atoms with Crippen LogP contribution in [0.1, 0.15) is 43.2 Å². The second-order valence-corrected chi connectivity index (χ2v) is 17.3. The van der Waals surface area contributed by atoms with Crippen molar-refractivity contribution in [3.8, 4) is 0 Å². The van der Waals surface area contributed by atoms with Crippen molar-refractivity contribution < 1.29 is 0 Å². The first kappa shape index (κ1) is 39.9. The fraction of sp³-hybridized carbons (Fsp3) is 0.0968. The van der Waals surface area contributed by atoms with Gasteiger partial charge in [0.2, 0.25) is 0 Å². The summed E-state index contributed by atoms with van der Waals surface area (Å²) in [5.74, 6) is 0. The van der Waals surface area contributed by atoms with Crippen LogP contribution < -0.4 is 14.7 Å². The number of hydrogen-bond donors (Lipinski definition) is 0. The van der Waals surface area contributed by atoms with E-state index in [1.165, 1.54) is 75.5 Å². The minimum Gasteiger partial charge on any atom is -0.310 e. The number of fused-ring (bicyclic) bond motifs is 6. The highest BCUT2D eigenvalue weighted by Crippen LogP contribution is 2.45. The lowest BCUT2D eigenvalue weighted by atomic mass is 9.92. The van der Waals surface area contributed by atoms with E-state index in [-0.39, 0.29) is 0 Å². The molecule has 1 aliphatic carbocycles. The van der Waals surface area contributed by atoms with Gasteiger partial charge in [0.25, 0.3) is 0 Å². The Bertz CT molecular complexity index is 3060. The molecule has 3 nitrogen and oxygen atoms in total. The Balaban J connectivity index is 1.14. The summed E-state index contributed by atoms with van der Waals surface area (Å²) in [6.07, 6.45) is 8.80. The van der Waals surface area contributed by atoms with Gasteiger partial charge in [0, 0.05) is 51.2 Å². The predicted molar refractivity (Wildman–Crippen MR) is 279 cm³/mol. The molecule has 10 aromatic rings. The third kappa shape index (κ3) is 8.02. The van der Waals surface area contributed by atoms with Crippen LogP contribution >= 0.6 is 0 Å². The van der Waals surface area contributed by atoms with Crippen LogP contribution in [0.2, 0.25) is 0 Å². The van der Waals surface area contributed by atoms with Gasteiger partial charge in [-0.3, -0.25) is 0 Å². The molecule has 11 rings (SSSR count). The van der Waals surface area contributed by atoms with Crippen LogP contribution in [0.3, 0.4) is 0 Å². The van der Waals surface area contributed by atoms with Crippen LogP contribution in [0.15, 0.2) is 230 Å². The molecule has 0 N–H and O–H groups in total. The van der Waals surface area contributed by atoms with Crippen molar-refractivity contribution in [1.82, 2.24) is 0 Å². The summed E-state index contributed by atoms with van der Waals surface area (Å²) in [5.41, 5.74) is 14.1. The van der Waals surface area contributed by atoms with Gasteiger partial charge < -0.3 is 14.7 Å². The molecule has 0 radical (unpaired) electrons. The van der Waals surface area contributed by atoms with Crippen LogP contribution in [0.4, 0.5) is 51.2 Å². The van der Waals surface area contributed by atoms with Gasteiger partial charge in [-0.2, -0.15) is 0 Å². The molecule has 65 heavy (non-hydrogen) atoms. The van der Waals surface area contributed by atoms with E-state index in [0.717, 1.165) is 51.2 Å². The number of anilines is 9. The lowest BCUT2D eigenvalue weighted by Gasteiger charge is -2.28. The number of para-hydroxylation sites is 4. The average Bonchev–Trinajstić information content (AvgIpc) is 3.37. The normalized spacial score (nSPS) is 12.7. The molecule has 3 heteroatoms. The minimum absolute atomic E-state index is 1.11. The van der Waals surface area contributed by atoms with Crippen molar-refractivity contribution in [2.45, 2.75) is 39.0 Å². The van der Waals surface area contributed by atoms with E-state index in [2.05, 4.69) is 252 Å². The zero-order valence-electron chi connectivity index (χ0n) is 36.8. The highest BCUT2D eigenvalue weighted by molar-refractivity contribution is 6.27. The second-order valence-electron chi connectivity index (χ2n) is 17.3. The molecule has 0 spiro atoms. The van der Waals surface area contributed by atoms with Crippen LogP contribution in [0.5, 0.6) is 0 Å². The quantitative estimate of drug-likeness (QED) is 0.127. The van der Waals surface area contributed by atoms with E-state index >= 15 is 0 Å². The van der Waals surface area contributed by atoms with Gasteiger partial charge in [-0.15, -0.1) is 0 Å². The first-order valence-corrected chi connectivity index (χ1v) is 23.0. The molecule has 0 aliphatic heterocycles. The molecular weight excluding hydrogens is 787 g/mol. The van der Waals surface area contributed by atoms with Gasteiger partial charge in [-0.1, -0.05) is 139 Å². The van der Waals surface area contributed by atoms with Crippen molar-refractivity contribution >= 4 is 89.6 Å². The van der Waals surface area contributed by atoms with E-state index in [1.54, 1.807) is 5.57 Å². The van der Waals surface area contributed by atoms with Crippen molar-refractivity contribution in [2.75, 3.05) is 14.7 Å². The number of benzene rings is 10. The molecule has 0 unspecified atom stereocenters. The summed E-state index contributed by atoms with van der Waals surface area (Å²) in [5, 5.41) is 7.27. The standard InChI is InChI=1S/C62H51N3/c1-45-27-31-52(32-28-45)65(53-33-29-47(30-34-53)41-46-17-7-2-8-18-46)56-37-40-59-61-43-54(63(48-19-9-3-10-20-48)49-21-11-4-12-22-49)35-38-57(61)60-42-55(36-39-58(60)62(59)44-56)64(50-23-13-5-14-24-50)51-25-15-6-16-26-51/h3-6,9-16,19-44H,2,7-8,17-18H2,1H3. The zero-order valence-corrected chi connectivity index (χ0v) is 36.8. The maximum atomic E-state index is 2.42. The van der Waals surface area contributed by atoms with Crippen LogP contribution in [0.25, 0.3) is 38.4 Å². The molecule has 314 valence electrons. The Kier molecular flexibility index (Phi) is 10.9. The van der Waals surface area contributed by atoms with E-state index < -0.39 is 0 Å². The molecule has 0 saturated heterocycles. The molecule has 0 heterocycles. The molecule has 1 fully saturated rings. The Hall–Kier alpha value is -7.88. The molecule has 1 aliphatic rings. The Morgan fingerprint density at radius 1 is 0.292 bits per heavy atom. The third-order valence-corrected chi connectivity index (χ3v) is 13.0. The Labute approximate surface area is 382 Å². The van der Waals surface area contributed by atoms with Crippen molar-refractivity contribution in [3.63, 3.8) is 0 Å². The molecule has 1 saturated carbocycles. The summed E-state index contributed by atoms with van der Waals surface area (Å²) >= 11 is 0. The van der Waals surface area contributed by atoms with E-state index in [1.807, 2.05) is 0 Å². The van der Waals surface area contributed by atoms with Crippen molar-refractivity contribution in [2.24, 2.45) is 0 Å². The highest BCUT2D eigenvalue weighted by atomic mass is 15.2. The fourth-order valence-electron chi connectivity index (χ4n) is 9.84. The molecule has 0 amide bonds. The van der Waals surface area contributed by atoms with Gasteiger partial charge in [0.1, 0.15) is 0 Å². The van der Waals surface area contributed by atoms with Crippen LogP contribution in [-0.4, -0.2) is 0 Å². The molecule has 10 aromatic carbocycles. The Morgan fingerprint density at radius 3 is 0.954 bits per heavy atom. The third-order valence-electron chi connectivity index (χ3n) is 13.0. The van der Waals surface area contributed by atoms with E-state index in [4.69, 9.17) is 0 Å². The summed E-state index contributed by atoms with van der Waals surface area (Å²) in [4.78, 5) is 7.13. The number of hydrogen-bond acceptors (Lipinski definition) is 3. The molecule has 0 aromatic heterocycles. The maximum Gasteiger partial charge on any atom is 0.0468 e. The SMILES string of the molecule is Cc1ccc(N(c2ccc(C=C3CCCCC3)cc2)c2ccc3c4cc(N(c5ccccc5)c5ccccc5)ccc4c4cc(N(c5ccccc5)c5ccccc5)ccc4c3c2)cc1. The first-order chi connectivity index (χ1) is 32.1. The lowest BCUT2D eigenvalue weighted by molar-refractivity contribution is 0.602. The largest absolute Gasteiger partial charge is 0.310 e. The molecule has 0 atom stereocenters. The average molecular weight is 838 g/mol. The molecular formula is C62H51N3. The summed E-state index contributed by atoms with van der Waals surface area (Å²) < 4.78 is 0. The lowest BCUT2D eigenvalue weighted by Crippen LogP contribution is -2.10. The van der Waals surface area contributed by atoms with Crippen molar-refractivity contribution in [1.29, 1.82) is 0 Å². The highest BCUT2D eigenvalue weighted by Gasteiger charge is 2.20. The second kappa shape index (κ2) is 17.7. The van der Waals surface area contributed by atoms with Gasteiger partial charge in [-0.05, 0) is 180 Å². The summed E-state index contributed by atoms with van der Waals surface area (Å²) in [7, 11) is 0. The minimum atomic E-state index is 1.11. The summed E-state index contributed by atoms with van der Waals surface area (Å²) in [6, 6.07) is 82.0. The maximum absolute atomic E-state index is 2.42.